The lowest BCUT2D eigenvalue weighted by Crippen LogP contribution is -1.98. The highest BCUT2D eigenvalue weighted by molar-refractivity contribution is 5.07. The molecule has 0 atom stereocenters. The first-order valence-electron chi connectivity index (χ1n) is 2.56. The molecule has 0 aliphatic rings. The van der Waals surface area contributed by atoms with Crippen molar-refractivity contribution in [3.05, 3.63) is 12.5 Å². The predicted octanol–water partition coefficient (Wildman–Crippen LogP) is -1.22. The van der Waals surface area contributed by atoms with Gasteiger partial charge in [-0.15, -0.1) is 20.1 Å². The Balaban J connectivity index is 2.48. The fourth-order valence-corrected chi connectivity index (χ4v) is 0.564. The highest BCUT2D eigenvalue weighted by Crippen LogP contribution is 1.90. The SMILES string of the molecule is c1nnn(-c2cn[nH]n2)n1. The minimum Gasteiger partial charge on any atom is -0.196 e. The lowest BCUT2D eigenvalue weighted by atomic mass is 10.8. The smallest absolute Gasteiger partial charge is 0.196 e. The van der Waals surface area contributed by atoms with Crippen LogP contribution in [0, 0.1) is 0 Å². The molecule has 0 saturated heterocycles. The van der Waals surface area contributed by atoms with Crippen molar-refractivity contribution in [3.8, 4) is 5.82 Å². The first kappa shape index (κ1) is 5.03. The second-order valence-electron chi connectivity index (χ2n) is 1.55. The normalized spacial score (nSPS) is 10.0. The van der Waals surface area contributed by atoms with Gasteiger partial charge < -0.3 is 0 Å². The van der Waals surface area contributed by atoms with Crippen molar-refractivity contribution < 1.29 is 0 Å². The second-order valence-corrected chi connectivity index (χ2v) is 1.55. The van der Waals surface area contributed by atoms with Crippen LogP contribution >= 0.6 is 0 Å². The highest BCUT2D eigenvalue weighted by Gasteiger charge is 1.98. The molecule has 0 fully saturated rings. The number of aromatic amines is 1. The van der Waals surface area contributed by atoms with Gasteiger partial charge in [-0.2, -0.15) is 10.3 Å². The van der Waals surface area contributed by atoms with Crippen molar-refractivity contribution in [2.45, 2.75) is 0 Å². The Hall–Kier alpha value is -1.79. The second kappa shape index (κ2) is 1.87. The molecule has 0 aromatic carbocycles. The van der Waals surface area contributed by atoms with E-state index in [1.54, 1.807) is 0 Å². The fraction of sp³-hybridized carbons (Fsp3) is 0. The summed E-state index contributed by atoms with van der Waals surface area (Å²) in [5.74, 6) is 0.525. The molecular weight excluding hydrogens is 134 g/mol. The maximum Gasteiger partial charge on any atom is 0.217 e. The third-order valence-electron chi connectivity index (χ3n) is 0.956. The molecule has 0 aliphatic heterocycles. The Bertz CT molecular complexity index is 248. The molecule has 2 aromatic rings. The van der Waals surface area contributed by atoms with E-state index in [-0.39, 0.29) is 0 Å². The number of H-pyrrole nitrogens is 1. The summed E-state index contributed by atoms with van der Waals surface area (Å²) < 4.78 is 0. The quantitative estimate of drug-likeness (QED) is 0.532. The first-order valence-corrected chi connectivity index (χ1v) is 2.56. The standard InChI is InChI=1S/C3H3N7/c1-3(7-8-4-1)10-6-2-5-9-10/h1-2H,(H,4,7,8). The fourth-order valence-electron chi connectivity index (χ4n) is 0.564. The molecule has 50 valence electrons. The van der Waals surface area contributed by atoms with Gasteiger partial charge in [0.1, 0.15) is 0 Å². The summed E-state index contributed by atoms with van der Waals surface area (Å²) in [6.45, 7) is 0. The highest BCUT2D eigenvalue weighted by atomic mass is 15.6. The topological polar surface area (TPSA) is 85.2 Å². The minimum atomic E-state index is 0.525. The summed E-state index contributed by atoms with van der Waals surface area (Å²) in [5, 5.41) is 20.5. The Morgan fingerprint density at radius 1 is 1.50 bits per heavy atom. The third-order valence-corrected chi connectivity index (χ3v) is 0.956. The maximum absolute atomic E-state index is 3.73. The van der Waals surface area contributed by atoms with E-state index >= 15 is 0 Å². The van der Waals surface area contributed by atoms with E-state index in [0.29, 0.717) is 5.82 Å². The Morgan fingerprint density at radius 3 is 3.10 bits per heavy atom. The predicted molar refractivity (Wildman–Crippen MR) is 29.1 cm³/mol. The zero-order valence-corrected chi connectivity index (χ0v) is 4.84. The van der Waals surface area contributed by atoms with Gasteiger partial charge in [0.25, 0.3) is 0 Å². The third kappa shape index (κ3) is 0.642. The molecule has 0 radical (unpaired) electrons. The van der Waals surface area contributed by atoms with Gasteiger partial charge in [0.05, 0.1) is 6.20 Å². The average molecular weight is 137 g/mol. The number of aromatic nitrogens is 7. The van der Waals surface area contributed by atoms with Crippen molar-refractivity contribution in [2.24, 2.45) is 0 Å². The molecule has 0 spiro atoms. The van der Waals surface area contributed by atoms with Gasteiger partial charge in [-0.1, -0.05) is 0 Å². The first-order chi connectivity index (χ1) is 4.97. The molecule has 2 heterocycles. The number of nitrogens with zero attached hydrogens (tertiary/aromatic N) is 6. The van der Waals surface area contributed by atoms with Gasteiger partial charge in [0, 0.05) is 0 Å². The van der Waals surface area contributed by atoms with Crippen LogP contribution in [0.5, 0.6) is 0 Å². The zero-order chi connectivity index (χ0) is 6.81. The number of hydrogen-bond acceptors (Lipinski definition) is 5. The number of tetrazole rings is 1. The van der Waals surface area contributed by atoms with E-state index in [2.05, 4.69) is 30.8 Å². The molecule has 7 nitrogen and oxygen atoms in total. The molecule has 2 rings (SSSR count). The molecule has 0 aliphatic carbocycles. The maximum atomic E-state index is 3.73. The van der Waals surface area contributed by atoms with E-state index in [9.17, 15) is 0 Å². The molecular formula is C3H3N7. The molecule has 10 heavy (non-hydrogen) atoms. The van der Waals surface area contributed by atoms with Crippen LogP contribution in [0.25, 0.3) is 5.82 Å². The van der Waals surface area contributed by atoms with Gasteiger partial charge in [0.15, 0.2) is 6.33 Å². The molecule has 0 bridgehead atoms. The Morgan fingerprint density at radius 2 is 2.50 bits per heavy atom. The van der Waals surface area contributed by atoms with Crippen LogP contribution in [-0.4, -0.2) is 35.6 Å². The van der Waals surface area contributed by atoms with Crippen molar-refractivity contribution in [3.63, 3.8) is 0 Å². The largest absolute Gasteiger partial charge is 0.217 e. The van der Waals surface area contributed by atoms with E-state index in [1.165, 1.54) is 17.3 Å². The molecule has 2 aromatic heterocycles. The molecule has 0 amide bonds. The average Bonchev–Trinajstić information content (AvgIpc) is 2.59. The summed E-state index contributed by atoms with van der Waals surface area (Å²) in [5.41, 5.74) is 0. The van der Waals surface area contributed by atoms with Crippen molar-refractivity contribution in [1.29, 1.82) is 0 Å². The van der Waals surface area contributed by atoms with Crippen LogP contribution in [0.2, 0.25) is 0 Å². The Labute approximate surface area is 55.1 Å². The van der Waals surface area contributed by atoms with Gasteiger partial charge in [-0.3, -0.25) is 0 Å². The summed E-state index contributed by atoms with van der Waals surface area (Å²) >= 11 is 0. The summed E-state index contributed by atoms with van der Waals surface area (Å²) in [4.78, 5) is 1.27. The van der Waals surface area contributed by atoms with Gasteiger partial charge in [-0.25, -0.2) is 0 Å². The van der Waals surface area contributed by atoms with Crippen LogP contribution in [0.3, 0.4) is 0 Å². The Kier molecular flexibility index (Phi) is 0.938. The molecule has 0 unspecified atom stereocenters. The monoisotopic (exact) mass is 137 g/mol. The summed E-state index contributed by atoms with van der Waals surface area (Å²) in [6, 6.07) is 0. The van der Waals surface area contributed by atoms with Gasteiger partial charge >= 0.3 is 0 Å². The lowest BCUT2D eigenvalue weighted by Gasteiger charge is -1.84. The van der Waals surface area contributed by atoms with E-state index < -0.39 is 0 Å². The molecule has 7 heteroatoms. The molecule has 1 N–H and O–H groups in total. The number of nitrogens with one attached hydrogen (secondary N) is 1. The lowest BCUT2D eigenvalue weighted by molar-refractivity contribution is 0.696. The van der Waals surface area contributed by atoms with Crippen LogP contribution < -0.4 is 0 Å². The van der Waals surface area contributed by atoms with Crippen molar-refractivity contribution in [2.75, 3.05) is 0 Å². The van der Waals surface area contributed by atoms with Crippen LogP contribution in [0.1, 0.15) is 0 Å². The molecule has 0 saturated carbocycles. The van der Waals surface area contributed by atoms with E-state index in [0.717, 1.165) is 0 Å². The van der Waals surface area contributed by atoms with Gasteiger partial charge in [0.2, 0.25) is 5.82 Å². The van der Waals surface area contributed by atoms with Crippen LogP contribution in [0.4, 0.5) is 0 Å². The van der Waals surface area contributed by atoms with Crippen molar-refractivity contribution in [1.82, 2.24) is 35.6 Å². The van der Waals surface area contributed by atoms with Crippen LogP contribution in [-0.2, 0) is 0 Å². The summed E-state index contributed by atoms with van der Waals surface area (Å²) in [6.07, 6.45) is 2.83. The number of rotatable bonds is 1. The van der Waals surface area contributed by atoms with E-state index in [1.807, 2.05) is 0 Å². The van der Waals surface area contributed by atoms with Gasteiger partial charge in [-0.05, 0) is 5.21 Å². The number of hydrogen-bond donors (Lipinski definition) is 1. The minimum absolute atomic E-state index is 0.525. The van der Waals surface area contributed by atoms with E-state index in [4.69, 9.17) is 0 Å². The van der Waals surface area contributed by atoms with Crippen molar-refractivity contribution >= 4 is 0 Å². The summed E-state index contributed by atoms with van der Waals surface area (Å²) in [7, 11) is 0. The van der Waals surface area contributed by atoms with Crippen LogP contribution in [0.15, 0.2) is 12.5 Å². The zero-order valence-electron chi connectivity index (χ0n) is 4.84.